The molecule has 1 aliphatic rings. The lowest BCUT2D eigenvalue weighted by molar-refractivity contribution is 0.0902. The molecule has 3 heterocycles. The summed E-state index contributed by atoms with van der Waals surface area (Å²) in [5, 5.41) is 12.1. The minimum Gasteiger partial charge on any atom is -0.361 e. The topological polar surface area (TPSA) is 86.9 Å². The predicted molar refractivity (Wildman–Crippen MR) is 158 cm³/mol. The van der Waals surface area contributed by atoms with Crippen LogP contribution in [0.1, 0.15) is 47.2 Å². The van der Waals surface area contributed by atoms with Gasteiger partial charge in [-0.25, -0.2) is 4.98 Å². The first-order chi connectivity index (χ1) is 18.5. The Labute approximate surface area is 235 Å². The number of nitrogens with zero attached hydrogens (tertiary/aromatic N) is 5. The normalized spacial score (nSPS) is 19.3. The molecule has 0 saturated heterocycles. The molecule has 1 aromatic carbocycles. The van der Waals surface area contributed by atoms with Crippen molar-refractivity contribution in [3.05, 3.63) is 70.5 Å². The van der Waals surface area contributed by atoms with E-state index in [2.05, 4.69) is 48.1 Å². The molecule has 1 amide bonds. The first-order valence-electron chi connectivity index (χ1n) is 13.5. The second kappa shape index (κ2) is 10.5. The number of aryl methyl sites for hydroxylation is 2. The second-order valence-electron chi connectivity index (χ2n) is 12.2. The number of nitrogens with one attached hydrogen (secondary N) is 1. The van der Waals surface area contributed by atoms with Crippen molar-refractivity contribution < 1.29 is 9.53 Å². The van der Waals surface area contributed by atoms with Gasteiger partial charge in [0.05, 0.1) is 21.5 Å². The summed E-state index contributed by atoms with van der Waals surface area (Å²) in [7, 11) is 0.814. The molecule has 0 radical (unpaired) electrons. The van der Waals surface area contributed by atoms with E-state index in [9.17, 15) is 4.79 Å². The molecule has 0 spiro atoms. The standard InChI is InChI=1S/C29H37ClN6O2Si/c1-19-14-29(15-19,28-34-31-17-35(28)3)21-8-7-9-22(12-21)32-27(37)24-13-23(30)26-25(33-24)20(2)16-36(26)18-38-10-11-39(4,5)6/h7-9,12-13,16-17,19H,10-11,14-15,18H2,1-6H3,(H,32,37). The molecule has 206 valence electrons. The van der Waals surface area contributed by atoms with Crippen LogP contribution in [-0.4, -0.2) is 44.9 Å². The number of rotatable bonds is 9. The zero-order valence-corrected chi connectivity index (χ0v) is 25.3. The van der Waals surface area contributed by atoms with E-state index in [0.717, 1.165) is 48.0 Å². The van der Waals surface area contributed by atoms with E-state index in [0.29, 0.717) is 28.9 Å². The number of hydrogen-bond acceptors (Lipinski definition) is 5. The molecule has 1 fully saturated rings. The molecule has 1 aliphatic carbocycles. The predicted octanol–water partition coefficient (Wildman–Crippen LogP) is 6.41. The zero-order valence-electron chi connectivity index (χ0n) is 23.6. The summed E-state index contributed by atoms with van der Waals surface area (Å²) in [4.78, 5) is 18.0. The summed E-state index contributed by atoms with van der Waals surface area (Å²) in [6.45, 7) is 12.3. The van der Waals surface area contributed by atoms with E-state index >= 15 is 0 Å². The fourth-order valence-electron chi connectivity index (χ4n) is 5.66. The Morgan fingerprint density at radius 3 is 2.69 bits per heavy atom. The van der Waals surface area contributed by atoms with Gasteiger partial charge in [0.15, 0.2) is 0 Å². The van der Waals surface area contributed by atoms with Crippen molar-refractivity contribution in [3.8, 4) is 0 Å². The van der Waals surface area contributed by atoms with Crippen LogP contribution in [0.25, 0.3) is 11.0 Å². The summed E-state index contributed by atoms with van der Waals surface area (Å²) in [5.74, 6) is 1.25. The quantitative estimate of drug-likeness (QED) is 0.187. The van der Waals surface area contributed by atoms with Crippen LogP contribution in [0.2, 0.25) is 30.7 Å². The number of carbonyl (C=O) groups excluding carboxylic acids is 1. The van der Waals surface area contributed by atoms with E-state index < -0.39 is 8.07 Å². The summed E-state index contributed by atoms with van der Waals surface area (Å²) >= 11 is 6.71. The minimum atomic E-state index is -1.16. The van der Waals surface area contributed by atoms with E-state index in [-0.39, 0.29) is 17.0 Å². The zero-order chi connectivity index (χ0) is 27.9. The SMILES string of the molecule is Cc1cn(COCC[Si](C)(C)C)c2c(Cl)cc(C(=O)Nc3cccc(C4(c5nncn5C)CC(C)C4)c3)nc12. The van der Waals surface area contributed by atoms with E-state index in [1.807, 2.05) is 47.5 Å². The molecular formula is C29H37ClN6O2Si. The lowest BCUT2D eigenvalue weighted by Crippen LogP contribution is -2.43. The summed E-state index contributed by atoms with van der Waals surface area (Å²) in [5.41, 5.74) is 4.34. The molecular weight excluding hydrogens is 528 g/mol. The number of hydrogen-bond donors (Lipinski definition) is 1. The minimum absolute atomic E-state index is 0.205. The van der Waals surface area contributed by atoms with Crippen molar-refractivity contribution in [2.75, 3.05) is 11.9 Å². The van der Waals surface area contributed by atoms with Crippen LogP contribution in [0, 0.1) is 12.8 Å². The molecule has 4 aromatic rings. The number of ether oxygens (including phenoxy) is 1. The summed E-state index contributed by atoms with van der Waals surface area (Å²) in [6.07, 6.45) is 5.70. The number of fused-ring (bicyclic) bond motifs is 1. The number of aromatic nitrogens is 5. The van der Waals surface area contributed by atoms with Gasteiger partial charge in [-0.15, -0.1) is 10.2 Å². The number of pyridine rings is 1. The highest BCUT2D eigenvalue weighted by Gasteiger charge is 2.48. The van der Waals surface area contributed by atoms with Gasteiger partial charge in [0.1, 0.15) is 24.6 Å². The number of benzene rings is 1. The van der Waals surface area contributed by atoms with E-state index in [1.54, 1.807) is 12.4 Å². The van der Waals surface area contributed by atoms with Gasteiger partial charge in [-0.3, -0.25) is 4.79 Å². The maximum Gasteiger partial charge on any atom is 0.274 e. The van der Waals surface area contributed by atoms with Crippen LogP contribution < -0.4 is 5.32 Å². The van der Waals surface area contributed by atoms with Crippen molar-refractivity contribution in [2.45, 2.75) is 64.5 Å². The van der Waals surface area contributed by atoms with Crippen molar-refractivity contribution in [1.29, 1.82) is 0 Å². The molecule has 10 heteroatoms. The fraction of sp³-hybridized carbons (Fsp3) is 0.448. The van der Waals surface area contributed by atoms with Gasteiger partial charge in [0.25, 0.3) is 5.91 Å². The maximum atomic E-state index is 13.3. The Morgan fingerprint density at radius 1 is 1.26 bits per heavy atom. The van der Waals surface area contributed by atoms with Crippen LogP contribution in [0.4, 0.5) is 5.69 Å². The Bertz CT molecular complexity index is 1520. The summed E-state index contributed by atoms with van der Waals surface area (Å²) in [6, 6.07) is 10.8. The lowest BCUT2D eigenvalue weighted by Gasteiger charge is -2.46. The van der Waals surface area contributed by atoms with Crippen LogP contribution in [0.3, 0.4) is 0 Å². The Morgan fingerprint density at radius 2 is 2.03 bits per heavy atom. The second-order valence-corrected chi connectivity index (χ2v) is 18.2. The van der Waals surface area contributed by atoms with Crippen molar-refractivity contribution >= 4 is 42.3 Å². The number of carbonyl (C=O) groups is 1. The highest BCUT2D eigenvalue weighted by Crippen LogP contribution is 2.51. The maximum absolute atomic E-state index is 13.3. The molecule has 1 saturated carbocycles. The van der Waals surface area contributed by atoms with Crippen LogP contribution in [-0.2, 0) is 23.9 Å². The van der Waals surface area contributed by atoms with Crippen LogP contribution in [0.5, 0.6) is 0 Å². The van der Waals surface area contributed by atoms with Crippen LogP contribution >= 0.6 is 11.6 Å². The third-order valence-corrected chi connectivity index (χ3v) is 9.61. The highest BCUT2D eigenvalue weighted by molar-refractivity contribution is 6.76. The fourth-order valence-corrected chi connectivity index (χ4v) is 6.72. The van der Waals surface area contributed by atoms with Crippen molar-refractivity contribution in [1.82, 2.24) is 24.3 Å². The molecule has 3 aromatic heterocycles. The average molecular weight is 565 g/mol. The van der Waals surface area contributed by atoms with Gasteiger partial charge >= 0.3 is 0 Å². The molecule has 39 heavy (non-hydrogen) atoms. The lowest BCUT2D eigenvalue weighted by atomic mass is 9.58. The third kappa shape index (κ3) is 5.53. The van der Waals surface area contributed by atoms with Crippen molar-refractivity contribution in [3.63, 3.8) is 0 Å². The Kier molecular flexibility index (Phi) is 7.43. The molecule has 0 atom stereocenters. The van der Waals surface area contributed by atoms with Gasteiger partial charge in [0, 0.05) is 33.6 Å². The van der Waals surface area contributed by atoms with Gasteiger partial charge in [-0.05, 0) is 61.1 Å². The van der Waals surface area contributed by atoms with Crippen LogP contribution in [0.15, 0.2) is 42.9 Å². The first kappa shape index (κ1) is 27.5. The Hall–Kier alpha value is -3.01. The number of anilines is 1. The largest absolute Gasteiger partial charge is 0.361 e. The Balaban J connectivity index is 1.36. The number of amides is 1. The van der Waals surface area contributed by atoms with Gasteiger partial charge in [-0.1, -0.05) is 50.3 Å². The summed E-state index contributed by atoms with van der Waals surface area (Å²) < 4.78 is 9.91. The van der Waals surface area contributed by atoms with E-state index in [1.165, 1.54) is 0 Å². The molecule has 5 rings (SSSR count). The first-order valence-corrected chi connectivity index (χ1v) is 17.6. The monoisotopic (exact) mass is 564 g/mol. The highest BCUT2D eigenvalue weighted by atomic mass is 35.5. The third-order valence-electron chi connectivity index (χ3n) is 7.62. The van der Waals surface area contributed by atoms with E-state index in [4.69, 9.17) is 21.3 Å². The van der Waals surface area contributed by atoms with Gasteiger partial charge < -0.3 is 19.2 Å². The molecule has 0 unspecified atom stereocenters. The smallest absolute Gasteiger partial charge is 0.274 e. The molecule has 8 nitrogen and oxygen atoms in total. The van der Waals surface area contributed by atoms with Gasteiger partial charge in [-0.2, -0.15) is 0 Å². The van der Waals surface area contributed by atoms with Crippen molar-refractivity contribution in [2.24, 2.45) is 13.0 Å². The molecule has 1 N–H and O–H groups in total. The van der Waals surface area contributed by atoms with Gasteiger partial charge in [0.2, 0.25) is 0 Å². The average Bonchev–Trinajstić information content (AvgIpc) is 3.42. The molecule has 0 bridgehead atoms. The molecule has 0 aliphatic heterocycles. The number of halogens is 1.